The van der Waals surface area contributed by atoms with E-state index >= 15 is 0 Å². The quantitative estimate of drug-likeness (QED) is 0.213. The van der Waals surface area contributed by atoms with E-state index in [9.17, 15) is 24.0 Å². The number of nitrogens with zero attached hydrogens (tertiary/aromatic N) is 2. The van der Waals surface area contributed by atoms with Crippen LogP contribution >= 0.6 is 23.2 Å². The largest absolute Gasteiger partial charge is 0.497 e. The van der Waals surface area contributed by atoms with Gasteiger partial charge in [0.2, 0.25) is 23.6 Å². The molecule has 0 spiro atoms. The lowest BCUT2D eigenvalue weighted by Gasteiger charge is -2.51. The van der Waals surface area contributed by atoms with Gasteiger partial charge in [0.05, 0.1) is 60.2 Å². The van der Waals surface area contributed by atoms with E-state index in [4.69, 9.17) is 37.4 Å². The van der Waals surface area contributed by atoms with Crippen molar-refractivity contribution in [1.82, 2.24) is 0 Å². The van der Waals surface area contributed by atoms with E-state index in [-0.39, 0.29) is 17.2 Å². The van der Waals surface area contributed by atoms with Crippen molar-refractivity contribution >= 4 is 64.2 Å². The van der Waals surface area contributed by atoms with Crippen molar-refractivity contribution in [3.05, 3.63) is 76.8 Å². The van der Waals surface area contributed by atoms with E-state index in [1.54, 1.807) is 48.5 Å². The summed E-state index contributed by atoms with van der Waals surface area (Å²) in [6.45, 7) is 0. The summed E-state index contributed by atoms with van der Waals surface area (Å²) in [7, 11) is 3.01. The molecule has 0 N–H and O–H groups in total. The zero-order valence-electron chi connectivity index (χ0n) is 24.0. The van der Waals surface area contributed by atoms with Crippen LogP contribution in [0.5, 0.6) is 17.2 Å². The summed E-state index contributed by atoms with van der Waals surface area (Å²) in [5.41, 5.74) is 0.684. The zero-order valence-corrected chi connectivity index (χ0v) is 25.5. The second-order valence-corrected chi connectivity index (χ2v) is 12.4. The van der Waals surface area contributed by atoms with Crippen molar-refractivity contribution in [2.45, 2.75) is 6.42 Å². The highest BCUT2D eigenvalue weighted by Gasteiger charge is 2.73. The van der Waals surface area contributed by atoms with Gasteiger partial charge < -0.3 is 14.2 Å². The van der Waals surface area contributed by atoms with Gasteiger partial charge >= 0.3 is 5.97 Å². The van der Waals surface area contributed by atoms with Gasteiger partial charge in [0.25, 0.3) is 0 Å². The molecule has 8 rings (SSSR count). The third kappa shape index (κ3) is 4.41. The summed E-state index contributed by atoms with van der Waals surface area (Å²) in [6.07, 6.45) is 0.0853. The molecule has 230 valence electrons. The predicted octanol–water partition coefficient (Wildman–Crippen LogP) is 4.79. The van der Waals surface area contributed by atoms with Crippen molar-refractivity contribution in [1.29, 1.82) is 0 Å². The van der Waals surface area contributed by atoms with Crippen molar-refractivity contribution in [2.75, 3.05) is 24.0 Å². The summed E-state index contributed by atoms with van der Waals surface area (Å²) in [5.74, 6) is -7.97. The van der Waals surface area contributed by atoms with Crippen LogP contribution in [0.25, 0.3) is 0 Å². The molecule has 3 saturated carbocycles. The van der Waals surface area contributed by atoms with Crippen LogP contribution in [0, 0.1) is 41.4 Å². The van der Waals surface area contributed by atoms with E-state index in [0.29, 0.717) is 27.9 Å². The maximum absolute atomic E-state index is 14.2. The average Bonchev–Trinajstić information content (AvgIpc) is 3.48. The van der Waals surface area contributed by atoms with Crippen molar-refractivity contribution in [3.8, 4) is 17.2 Å². The van der Waals surface area contributed by atoms with Crippen LogP contribution in [0.15, 0.2) is 66.7 Å². The molecular weight excluding hydrogens is 623 g/mol. The number of imide groups is 2. The predicted molar refractivity (Wildman–Crippen MR) is 162 cm³/mol. The van der Waals surface area contributed by atoms with Crippen LogP contribution in [0.2, 0.25) is 10.0 Å². The normalized spacial score (nSPS) is 28.3. The van der Waals surface area contributed by atoms with E-state index < -0.39 is 71.0 Å². The highest BCUT2D eigenvalue weighted by atomic mass is 35.5. The minimum atomic E-state index is -1.01. The molecule has 2 saturated heterocycles. The fraction of sp³-hybridized carbons (Fsp3) is 0.303. The Labute approximate surface area is 267 Å². The van der Waals surface area contributed by atoms with Crippen molar-refractivity contribution in [2.24, 2.45) is 41.4 Å². The van der Waals surface area contributed by atoms with Crippen LogP contribution in [-0.4, -0.2) is 43.8 Å². The van der Waals surface area contributed by atoms with Gasteiger partial charge in [-0.3, -0.25) is 33.8 Å². The number of carbonyl (C=O) groups is 5. The zero-order chi connectivity index (χ0) is 31.7. The van der Waals surface area contributed by atoms with Crippen LogP contribution in [0.4, 0.5) is 11.4 Å². The molecule has 3 aromatic rings. The number of ether oxygens (including phenoxy) is 3. The molecule has 10 nitrogen and oxygen atoms in total. The van der Waals surface area contributed by atoms with Gasteiger partial charge in [0, 0.05) is 5.02 Å². The summed E-state index contributed by atoms with van der Waals surface area (Å²) in [4.78, 5) is 72.5. The molecule has 3 aliphatic carbocycles. The third-order valence-electron chi connectivity index (χ3n) is 9.61. The fourth-order valence-electron chi connectivity index (χ4n) is 7.79. The molecule has 5 fully saturated rings. The van der Waals surface area contributed by atoms with Crippen LogP contribution < -0.4 is 24.0 Å². The molecule has 2 bridgehead atoms. The minimum Gasteiger partial charge on any atom is -0.497 e. The van der Waals surface area contributed by atoms with E-state index in [1.807, 2.05) is 0 Å². The Bertz CT molecular complexity index is 1670. The van der Waals surface area contributed by atoms with E-state index in [2.05, 4.69) is 0 Å². The van der Waals surface area contributed by atoms with Gasteiger partial charge in [-0.15, -0.1) is 0 Å². The number of hydrogen-bond acceptors (Lipinski definition) is 8. The van der Waals surface area contributed by atoms with Crippen LogP contribution in [-0.2, 0) is 24.0 Å². The highest BCUT2D eigenvalue weighted by Crippen LogP contribution is 2.63. The highest BCUT2D eigenvalue weighted by molar-refractivity contribution is 6.35. The smallest absolute Gasteiger partial charge is 0.314 e. The van der Waals surface area contributed by atoms with Crippen molar-refractivity contribution < 1.29 is 38.2 Å². The Morgan fingerprint density at radius 2 is 1.16 bits per heavy atom. The molecule has 5 atom stereocenters. The number of methoxy groups -OCH3 is 2. The number of benzene rings is 3. The van der Waals surface area contributed by atoms with Crippen LogP contribution in [0.1, 0.15) is 6.42 Å². The molecule has 4 amide bonds. The van der Waals surface area contributed by atoms with Crippen LogP contribution in [0.3, 0.4) is 0 Å². The second kappa shape index (κ2) is 10.9. The number of anilines is 2. The molecule has 0 aromatic heterocycles. The summed E-state index contributed by atoms with van der Waals surface area (Å²) in [6, 6.07) is 17.4. The maximum Gasteiger partial charge on any atom is 0.314 e. The summed E-state index contributed by atoms with van der Waals surface area (Å²) < 4.78 is 16.1. The van der Waals surface area contributed by atoms with Gasteiger partial charge in [-0.2, -0.15) is 0 Å². The number of amides is 4. The molecular formula is C33H26Cl2N2O8. The minimum absolute atomic E-state index is 0.0722. The Morgan fingerprint density at radius 1 is 0.689 bits per heavy atom. The Balaban J connectivity index is 1.29. The number of hydrogen-bond donors (Lipinski definition) is 0. The Hall–Kier alpha value is -4.41. The monoisotopic (exact) mass is 648 g/mol. The van der Waals surface area contributed by atoms with Gasteiger partial charge in [-0.05, 0) is 85.0 Å². The van der Waals surface area contributed by atoms with Gasteiger partial charge in [0.1, 0.15) is 17.2 Å². The SMILES string of the molecule is COc1ccc(N2C(=O)C3C4CC(C(=O)Oc5ccc(Cl)cc5Cl)C(C3C2=O)C2C(=O)N(c3ccc(OC)cc3)C(=O)C42)cc1. The van der Waals surface area contributed by atoms with Crippen molar-refractivity contribution in [3.63, 3.8) is 0 Å². The number of rotatable bonds is 6. The number of halogens is 2. The Kier molecular flexibility index (Phi) is 7.09. The average molecular weight is 649 g/mol. The lowest BCUT2D eigenvalue weighted by Crippen LogP contribution is -2.58. The molecule has 12 heteroatoms. The van der Waals surface area contributed by atoms with E-state index in [1.165, 1.54) is 32.4 Å². The first-order valence-electron chi connectivity index (χ1n) is 14.3. The number of esters is 1. The topological polar surface area (TPSA) is 120 Å². The fourth-order valence-corrected chi connectivity index (χ4v) is 8.24. The number of fused-ring (bicyclic) bond motifs is 1. The standard InChI is InChI=1S/C33H26Cl2N2O8/c1-43-18-8-4-16(5-9-18)36-29(38)25-20-14-21(33(42)45-23-12-3-15(34)13-22(23)35)24(27(25)31(36)40)28-26(20)30(39)37(32(28)41)17-6-10-19(44-2)11-7-17/h3-13,20-21,24-28H,14H2,1-2H3. The number of carbonyl (C=O) groups excluding carboxylic acids is 5. The molecule has 5 unspecified atom stereocenters. The summed E-state index contributed by atoms with van der Waals surface area (Å²) in [5, 5.41) is 0.466. The first-order valence-corrected chi connectivity index (χ1v) is 15.1. The second-order valence-electron chi connectivity index (χ2n) is 11.6. The molecule has 5 aliphatic rings. The maximum atomic E-state index is 14.2. The van der Waals surface area contributed by atoms with E-state index in [0.717, 1.165) is 9.80 Å². The molecule has 45 heavy (non-hydrogen) atoms. The lowest BCUT2D eigenvalue weighted by molar-refractivity contribution is -0.167. The molecule has 0 radical (unpaired) electrons. The van der Waals surface area contributed by atoms with Gasteiger partial charge in [-0.25, -0.2) is 0 Å². The first-order chi connectivity index (χ1) is 21.6. The summed E-state index contributed by atoms with van der Waals surface area (Å²) >= 11 is 12.3. The lowest BCUT2D eigenvalue weighted by atomic mass is 9.48. The first kappa shape index (κ1) is 29.3. The molecule has 2 aliphatic heterocycles. The van der Waals surface area contributed by atoms with Gasteiger partial charge in [-0.1, -0.05) is 23.2 Å². The third-order valence-corrected chi connectivity index (χ3v) is 10.1. The van der Waals surface area contributed by atoms with Gasteiger partial charge in [0.15, 0.2) is 0 Å². The molecule has 3 aromatic carbocycles. The molecule has 2 heterocycles. The Morgan fingerprint density at radius 3 is 1.60 bits per heavy atom.